The maximum absolute atomic E-state index is 12.3. The summed E-state index contributed by atoms with van der Waals surface area (Å²) in [6.07, 6.45) is -1.74. The molecule has 1 atom stereocenters. The number of aliphatic hydroxyl groups is 1. The first-order valence-corrected chi connectivity index (χ1v) is 6.02. The summed E-state index contributed by atoms with van der Waals surface area (Å²) in [5.74, 6) is -4.86. The average molecular weight is 291 g/mol. The minimum absolute atomic E-state index is 0.00499. The number of rotatable bonds is 6. The largest absolute Gasteiger partial charge is 0.479 e. The van der Waals surface area contributed by atoms with Crippen LogP contribution in [0.4, 0.5) is 8.78 Å². The van der Waals surface area contributed by atoms with Gasteiger partial charge in [-0.1, -0.05) is 23.9 Å². The number of alkyl halides is 2. The minimum atomic E-state index is -2.67. The van der Waals surface area contributed by atoms with Crippen LogP contribution in [-0.2, 0) is 4.79 Å². The van der Waals surface area contributed by atoms with E-state index in [-0.39, 0.29) is 22.2 Å². The third kappa shape index (κ3) is 4.84. The van der Waals surface area contributed by atoms with E-state index in [0.29, 0.717) is 0 Å². The monoisotopic (exact) mass is 291 g/mol. The van der Waals surface area contributed by atoms with Gasteiger partial charge >= 0.3 is 5.97 Å². The topological polar surface area (TPSA) is 86.6 Å². The van der Waals surface area contributed by atoms with E-state index in [4.69, 9.17) is 10.2 Å². The molecule has 0 aliphatic heterocycles. The number of benzene rings is 1. The van der Waals surface area contributed by atoms with Gasteiger partial charge in [-0.05, 0) is 12.1 Å². The summed E-state index contributed by atoms with van der Waals surface area (Å²) in [5.41, 5.74) is 0.00499. The Morgan fingerprint density at radius 3 is 2.53 bits per heavy atom. The molecule has 104 valence electrons. The van der Waals surface area contributed by atoms with E-state index in [9.17, 15) is 18.4 Å². The fourth-order valence-corrected chi connectivity index (χ4v) is 1.86. The number of carbonyl (C=O) groups excluding carboxylic acids is 1. The summed E-state index contributed by atoms with van der Waals surface area (Å²) < 4.78 is 24.6. The lowest BCUT2D eigenvalue weighted by molar-refractivity contribution is -0.146. The highest BCUT2D eigenvalue weighted by molar-refractivity contribution is 7.99. The van der Waals surface area contributed by atoms with Gasteiger partial charge in [0.25, 0.3) is 11.7 Å². The molecule has 0 unspecified atom stereocenters. The van der Waals surface area contributed by atoms with Crippen LogP contribution >= 0.6 is 11.8 Å². The highest BCUT2D eigenvalue weighted by Crippen LogP contribution is 2.28. The van der Waals surface area contributed by atoms with Gasteiger partial charge in [-0.3, -0.25) is 4.79 Å². The molecule has 0 aliphatic rings. The molecule has 0 fully saturated rings. The molecule has 0 saturated carbocycles. The van der Waals surface area contributed by atoms with Crippen LogP contribution in [0.1, 0.15) is 10.4 Å². The first-order valence-electron chi connectivity index (χ1n) is 5.14. The van der Waals surface area contributed by atoms with Crippen LogP contribution in [0.2, 0.25) is 0 Å². The highest BCUT2D eigenvalue weighted by Gasteiger charge is 2.18. The molecule has 0 bridgehead atoms. The number of halogens is 2. The number of amides is 1. The van der Waals surface area contributed by atoms with Gasteiger partial charge in [-0.25, -0.2) is 4.79 Å². The Kier molecular flexibility index (Phi) is 5.71. The SMILES string of the molecule is O=C(NC[C@H](O)C(=O)O)c1ccccc1SC(F)F. The summed E-state index contributed by atoms with van der Waals surface area (Å²) in [4.78, 5) is 22.1. The zero-order chi connectivity index (χ0) is 14.4. The van der Waals surface area contributed by atoms with E-state index in [1.807, 2.05) is 0 Å². The molecule has 1 rings (SSSR count). The van der Waals surface area contributed by atoms with Crippen LogP contribution in [0.5, 0.6) is 0 Å². The molecule has 0 aromatic heterocycles. The molecule has 0 heterocycles. The van der Waals surface area contributed by atoms with Crippen molar-refractivity contribution in [1.82, 2.24) is 5.32 Å². The first-order chi connectivity index (χ1) is 8.91. The van der Waals surface area contributed by atoms with Gasteiger partial charge in [0, 0.05) is 4.90 Å². The Labute approximate surface area is 111 Å². The zero-order valence-electron chi connectivity index (χ0n) is 9.55. The van der Waals surface area contributed by atoms with Crippen LogP contribution in [-0.4, -0.2) is 40.5 Å². The molecule has 0 radical (unpaired) electrons. The third-order valence-corrected chi connectivity index (χ3v) is 2.88. The molecule has 3 N–H and O–H groups in total. The predicted octanol–water partition coefficient (Wildman–Crippen LogP) is 1.18. The fraction of sp³-hybridized carbons (Fsp3) is 0.273. The normalized spacial score (nSPS) is 12.2. The maximum atomic E-state index is 12.3. The van der Waals surface area contributed by atoms with E-state index >= 15 is 0 Å². The van der Waals surface area contributed by atoms with Crippen molar-refractivity contribution in [3.8, 4) is 0 Å². The van der Waals surface area contributed by atoms with Crippen LogP contribution in [0, 0.1) is 0 Å². The van der Waals surface area contributed by atoms with Gasteiger partial charge in [0.15, 0.2) is 6.10 Å². The Morgan fingerprint density at radius 2 is 1.95 bits per heavy atom. The second kappa shape index (κ2) is 7.05. The van der Waals surface area contributed by atoms with Crippen LogP contribution in [0.3, 0.4) is 0 Å². The zero-order valence-corrected chi connectivity index (χ0v) is 10.4. The molecule has 0 saturated heterocycles. The van der Waals surface area contributed by atoms with Gasteiger partial charge in [0.05, 0.1) is 12.1 Å². The standard InChI is InChI=1S/C11H11F2NO4S/c12-11(13)19-8-4-2-1-3-6(8)9(16)14-5-7(15)10(17)18/h1-4,7,11,15H,5H2,(H,14,16)(H,17,18)/t7-/m0/s1. The van der Waals surface area contributed by atoms with Gasteiger partial charge in [0.1, 0.15) is 0 Å². The lowest BCUT2D eigenvalue weighted by atomic mass is 10.2. The van der Waals surface area contributed by atoms with Gasteiger partial charge < -0.3 is 15.5 Å². The summed E-state index contributed by atoms with van der Waals surface area (Å²) in [7, 11) is 0. The van der Waals surface area contributed by atoms with Crippen molar-refractivity contribution in [2.45, 2.75) is 16.8 Å². The first kappa shape index (κ1) is 15.4. The molecule has 8 heteroatoms. The molecule has 5 nitrogen and oxygen atoms in total. The lowest BCUT2D eigenvalue weighted by Gasteiger charge is -2.10. The quantitative estimate of drug-likeness (QED) is 0.685. The summed E-state index contributed by atoms with van der Waals surface area (Å²) in [5, 5.41) is 19.6. The molecule has 0 spiro atoms. The van der Waals surface area contributed by atoms with E-state index in [2.05, 4.69) is 5.32 Å². The number of hydrogen-bond acceptors (Lipinski definition) is 4. The number of aliphatic carboxylic acids is 1. The molecular weight excluding hydrogens is 280 g/mol. The van der Waals surface area contributed by atoms with Crippen molar-refractivity contribution < 1.29 is 28.6 Å². The molecule has 19 heavy (non-hydrogen) atoms. The lowest BCUT2D eigenvalue weighted by Crippen LogP contribution is -2.36. The van der Waals surface area contributed by atoms with Crippen molar-refractivity contribution in [2.24, 2.45) is 0 Å². The molecular formula is C11H11F2NO4S. The third-order valence-electron chi connectivity index (χ3n) is 2.09. The Hall–Kier alpha value is -1.67. The number of carboxylic acids is 1. The second-order valence-corrected chi connectivity index (χ2v) is 4.47. The maximum Gasteiger partial charge on any atom is 0.334 e. The van der Waals surface area contributed by atoms with E-state index in [1.54, 1.807) is 0 Å². The van der Waals surface area contributed by atoms with Crippen LogP contribution in [0.25, 0.3) is 0 Å². The second-order valence-electron chi connectivity index (χ2n) is 3.44. The number of nitrogens with one attached hydrogen (secondary N) is 1. The smallest absolute Gasteiger partial charge is 0.334 e. The summed E-state index contributed by atoms with van der Waals surface area (Å²) in [6, 6.07) is 5.71. The number of thioether (sulfide) groups is 1. The number of carbonyl (C=O) groups is 2. The van der Waals surface area contributed by atoms with Gasteiger partial charge in [-0.2, -0.15) is 8.78 Å². The van der Waals surface area contributed by atoms with Crippen LogP contribution < -0.4 is 5.32 Å². The molecule has 1 aromatic carbocycles. The van der Waals surface area contributed by atoms with Gasteiger partial charge in [-0.15, -0.1) is 0 Å². The minimum Gasteiger partial charge on any atom is -0.479 e. The van der Waals surface area contributed by atoms with Crippen molar-refractivity contribution in [1.29, 1.82) is 0 Å². The van der Waals surface area contributed by atoms with Crippen molar-refractivity contribution in [3.63, 3.8) is 0 Å². The summed E-state index contributed by atoms with van der Waals surface area (Å²) in [6.45, 7) is -0.498. The van der Waals surface area contributed by atoms with Crippen molar-refractivity contribution in [2.75, 3.05) is 6.54 Å². The number of carboxylic acid groups (broad SMARTS) is 1. The number of hydrogen-bond donors (Lipinski definition) is 3. The van der Waals surface area contributed by atoms with Crippen molar-refractivity contribution >= 4 is 23.6 Å². The predicted molar refractivity (Wildman–Crippen MR) is 64.3 cm³/mol. The summed E-state index contributed by atoms with van der Waals surface area (Å²) >= 11 is 0.221. The Morgan fingerprint density at radius 1 is 1.32 bits per heavy atom. The van der Waals surface area contributed by atoms with Crippen molar-refractivity contribution in [3.05, 3.63) is 29.8 Å². The van der Waals surface area contributed by atoms with E-state index in [1.165, 1.54) is 24.3 Å². The van der Waals surface area contributed by atoms with Crippen LogP contribution in [0.15, 0.2) is 29.2 Å². The van der Waals surface area contributed by atoms with Gasteiger partial charge in [0.2, 0.25) is 0 Å². The average Bonchev–Trinajstić information content (AvgIpc) is 2.35. The Bertz CT molecular complexity index is 470. The molecule has 0 aliphatic carbocycles. The number of aliphatic hydroxyl groups excluding tert-OH is 1. The van der Waals surface area contributed by atoms with E-state index < -0.39 is 30.3 Å². The molecule has 1 aromatic rings. The highest BCUT2D eigenvalue weighted by atomic mass is 32.2. The van der Waals surface area contributed by atoms with E-state index in [0.717, 1.165) is 0 Å². The fourth-order valence-electron chi connectivity index (χ4n) is 1.22. The molecule has 1 amide bonds. The Balaban J connectivity index is 2.74.